The SMILES string of the molecule is CCCCCC(CC(OC(=O)C12CCCCC1CC1(CCCC1)C(=O)N2)C1(Cc2ccc(O)c(OC)c2)CCNCC1)OC(C)=O. The maximum Gasteiger partial charge on any atom is 0.332 e. The molecule has 1 spiro atoms. The van der Waals surface area contributed by atoms with Gasteiger partial charge in [0.05, 0.1) is 7.11 Å². The molecule has 1 amide bonds. The first-order valence-electron chi connectivity index (χ1n) is 17.9. The van der Waals surface area contributed by atoms with Crippen molar-refractivity contribution < 1.29 is 33.7 Å². The molecule has 1 aromatic rings. The summed E-state index contributed by atoms with van der Waals surface area (Å²) in [6, 6.07) is 5.42. The van der Waals surface area contributed by atoms with Crippen LogP contribution in [-0.4, -0.2) is 60.9 Å². The third-order valence-corrected chi connectivity index (χ3v) is 11.7. The Morgan fingerprint density at radius 1 is 1.02 bits per heavy atom. The van der Waals surface area contributed by atoms with Crippen molar-refractivity contribution >= 4 is 17.8 Å². The predicted octanol–water partition coefficient (Wildman–Crippen LogP) is 6.14. The molecule has 2 saturated carbocycles. The minimum atomic E-state index is -1.02. The topological polar surface area (TPSA) is 123 Å². The maximum atomic E-state index is 14.7. The summed E-state index contributed by atoms with van der Waals surface area (Å²) in [5.41, 5.74) is -0.830. The first-order valence-corrected chi connectivity index (χ1v) is 17.9. The normalized spacial score (nSPS) is 26.4. The van der Waals surface area contributed by atoms with Crippen LogP contribution >= 0.6 is 0 Å². The highest BCUT2D eigenvalue weighted by Crippen LogP contribution is 2.53. The minimum absolute atomic E-state index is 0.0294. The molecule has 2 aliphatic heterocycles. The molecule has 9 nitrogen and oxygen atoms in total. The van der Waals surface area contributed by atoms with Crippen molar-refractivity contribution in [2.24, 2.45) is 16.7 Å². The summed E-state index contributed by atoms with van der Waals surface area (Å²) in [4.78, 5) is 40.8. The van der Waals surface area contributed by atoms with Crippen molar-refractivity contribution in [1.82, 2.24) is 10.6 Å². The predicted molar refractivity (Wildman–Crippen MR) is 175 cm³/mol. The van der Waals surface area contributed by atoms with Gasteiger partial charge in [-0.1, -0.05) is 51.5 Å². The molecule has 46 heavy (non-hydrogen) atoms. The van der Waals surface area contributed by atoms with Crippen LogP contribution in [-0.2, 0) is 30.3 Å². The third kappa shape index (κ3) is 7.34. The monoisotopic (exact) mass is 640 g/mol. The minimum Gasteiger partial charge on any atom is -0.504 e. The van der Waals surface area contributed by atoms with Crippen molar-refractivity contribution in [3.8, 4) is 11.5 Å². The lowest BCUT2D eigenvalue weighted by atomic mass is 9.61. The molecule has 4 fully saturated rings. The van der Waals surface area contributed by atoms with Gasteiger partial charge in [-0.15, -0.1) is 0 Å². The lowest BCUT2D eigenvalue weighted by Gasteiger charge is -2.52. The Hall–Kier alpha value is -2.81. The average Bonchev–Trinajstić information content (AvgIpc) is 3.51. The lowest BCUT2D eigenvalue weighted by molar-refractivity contribution is -0.181. The van der Waals surface area contributed by atoms with E-state index in [-0.39, 0.29) is 41.0 Å². The van der Waals surface area contributed by atoms with Gasteiger partial charge in [0.25, 0.3) is 0 Å². The number of phenols is 1. The zero-order chi connectivity index (χ0) is 32.8. The number of hydrogen-bond donors (Lipinski definition) is 3. The quantitative estimate of drug-likeness (QED) is 0.174. The van der Waals surface area contributed by atoms with Crippen LogP contribution in [0.15, 0.2) is 18.2 Å². The van der Waals surface area contributed by atoms with E-state index in [1.54, 1.807) is 6.07 Å². The number of carbonyl (C=O) groups is 3. The second-order valence-electron chi connectivity index (χ2n) is 14.7. The van der Waals surface area contributed by atoms with Crippen LogP contribution in [0.3, 0.4) is 0 Å². The van der Waals surface area contributed by atoms with E-state index in [2.05, 4.69) is 17.6 Å². The van der Waals surface area contributed by atoms with Gasteiger partial charge in [-0.2, -0.15) is 0 Å². The molecule has 9 heteroatoms. The highest BCUT2D eigenvalue weighted by molar-refractivity contribution is 5.93. The average molecular weight is 641 g/mol. The van der Waals surface area contributed by atoms with E-state index in [0.29, 0.717) is 31.4 Å². The molecular weight excluding hydrogens is 584 g/mol. The second-order valence-corrected chi connectivity index (χ2v) is 14.7. The van der Waals surface area contributed by atoms with Crippen LogP contribution in [0.25, 0.3) is 0 Å². The lowest BCUT2D eigenvalue weighted by Crippen LogP contribution is -2.68. The van der Waals surface area contributed by atoms with E-state index in [1.165, 1.54) is 14.0 Å². The number of hydrogen-bond acceptors (Lipinski definition) is 8. The number of benzene rings is 1. The molecule has 3 N–H and O–H groups in total. The fraction of sp³-hybridized carbons (Fsp3) is 0.757. The largest absolute Gasteiger partial charge is 0.504 e. The number of carbonyl (C=O) groups excluding carboxylic acids is 3. The number of rotatable bonds is 13. The number of esters is 2. The molecule has 2 aliphatic carbocycles. The van der Waals surface area contributed by atoms with E-state index in [4.69, 9.17) is 14.2 Å². The van der Waals surface area contributed by atoms with Crippen molar-refractivity contribution in [2.75, 3.05) is 20.2 Å². The van der Waals surface area contributed by atoms with Gasteiger partial charge in [0, 0.05) is 24.2 Å². The van der Waals surface area contributed by atoms with Gasteiger partial charge in [0.2, 0.25) is 5.91 Å². The highest BCUT2D eigenvalue weighted by Gasteiger charge is 2.60. The van der Waals surface area contributed by atoms with Crippen LogP contribution in [0.4, 0.5) is 0 Å². The van der Waals surface area contributed by atoms with Crippen LogP contribution < -0.4 is 15.4 Å². The number of nitrogens with one attached hydrogen (secondary N) is 2. The Morgan fingerprint density at radius 2 is 1.76 bits per heavy atom. The number of fused-ring (bicyclic) bond motifs is 1. The van der Waals surface area contributed by atoms with Crippen LogP contribution in [0.1, 0.15) is 122 Å². The number of aromatic hydroxyl groups is 1. The summed E-state index contributed by atoms with van der Waals surface area (Å²) >= 11 is 0. The molecular formula is C37H56N2O7. The van der Waals surface area contributed by atoms with Gasteiger partial charge >= 0.3 is 11.9 Å². The van der Waals surface area contributed by atoms with E-state index < -0.39 is 17.1 Å². The van der Waals surface area contributed by atoms with Gasteiger partial charge in [-0.25, -0.2) is 4.79 Å². The smallest absolute Gasteiger partial charge is 0.332 e. The molecule has 2 heterocycles. The third-order valence-electron chi connectivity index (χ3n) is 11.7. The zero-order valence-electron chi connectivity index (χ0n) is 28.3. The number of phenolic OH excluding ortho intramolecular Hbond substituents is 1. The molecule has 0 radical (unpaired) electrons. The van der Waals surface area contributed by atoms with Gasteiger partial charge in [0.1, 0.15) is 17.7 Å². The van der Waals surface area contributed by atoms with Crippen molar-refractivity contribution in [3.05, 3.63) is 23.8 Å². The molecule has 2 saturated heterocycles. The Bertz CT molecular complexity index is 1220. The maximum absolute atomic E-state index is 14.7. The van der Waals surface area contributed by atoms with Crippen LogP contribution in [0.5, 0.6) is 11.5 Å². The second kappa shape index (κ2) is 15.0. The summed E-state index contributed by atoms with van der Waals surface area (Å²) < 4.78 is 18.2. The molecule has 4 unspecified atom stereocenters. The van der Waals surface area contributed by atoms with E-state index in [9.17, 15) is 19.5 Å². The van der Waals surface area contributed by atoms with E-state index in [0.717, 1.165) is 102 Å². The van der Waals surface area contributed by atoms with Crippen molar-refractivity contribution in [1.29, 1.82) is 0 Å². The van der Waals surface area contributed by atoms with Crippen molar-refractivity contribution in [2.45, 2.75) is 141 Å². The standard InChI is InChI=1S/C37H56N2O7/c1-4-5-6-12-29(45-26(2)40)23-32(35(18-20-38-21-19-35)24-27-13-14-30(41)31(22-27)44-3)46-34(43)37-17-8-7-11-28(37)25-36(33(42)39-37)15-9-10-16-36/h13-14,22,28-29,32,38,41H,4-12,15-21,23-25H2,1-3H3,(H,39,42). The molecule has 0 bridgehead atoms. The van der Waals surface area contributed by atoms with Crippen LogP contribution in [0, 0.1) is 16.7 Å². The Labute approximate surface area is 274 Å². The summed E-state index contributed by atoms with van der Waals surface area (Å²) in [5, 5.41) is 17.1. The Morgan fingerprint density at radius 3 is 2.46 bits per heavy atom. The number of methoxy groups -OCH3 is 1. The fourth-order valence-corrected chi connectivity index (χ4v) is 9.14. The molecule has 1 aromatic carbocycles. The molecule has 5 rings (SSSR count). The Balaban J connectivity index is 1.49. The van der Waals surface area contributed by atoms with Gasteiger partial charge < -0.3 is 30.0 Å². The number of amides is 1. The van der Waals surface area contributed by atoms with Crippen molar-refractivity contribution in [3.63, 3.8) is 0 Å². The summed E-state index contributed by atoms with van der Waals surface area (Å²) in [6.07, 6.45) is 13.5. The first-order chi connectivity index (χ1) is 22.1. The molecule has 4 aliphatic rings. The molecule has 256 valence electrons. The van der Waals surface area contributed by atoms with Gasteiger partial charge in [0.15, 0.2) is 11.5 Å². The Kier molecular flexibility index (Phi) is 11.2. The summed E-state index contributed by atoms with van der Waals surface area (Å²) in [5.74, 6) is -0.0791. The van der Waals surface area contributed by atoms with Crippen LogP contribution in [0.2, 0.25) is 0 Å². The van der Waals surface area contributed by atoms with E-state index in [1.807, 2.05) is 12.1 Å². The molecule has 4 atom stereocenters. The fourth-order valence-electron chi connectivity index (χ4n) is 9.14. The number of piperidine rings is 2. The first kappa shape index (κ1) is 34.5. The zero-order valence-corrected chi connectivity index (χ0v) is 28.3. The highest BCUT2D eigenvalue weighted by atomic mass is 16.6. The van der Waals surface area contributed by atoms with Gasteiger partial charge in [-0.3, -0.25) is 9.59 Å². The van der Waals surface area contributed by atoms with Gasteiger partial charge in [-0.05, 0) is 101 Å². The number of unbranched alkanes of at least 4 members (excludes halogenated alkanes) is 2. The summed E-state index contributed by atoms with van der Waals surface area (Å²) in [6.45, 7) is 5.13. The summed E-state index contributed by atoms with van der Waals surface area (Å²) in [7, 11) is 1.54. The number of ether oxygens (including phenoxy) is 3. The van der Waals surface area contributed by atoms with E-state index >= 15 is 0 Å². The molecule has 0 aromatic heterocycles.